The van der Waals surface area contributed by atoms with Gasteiger partial charge >= 0.3 is 0 Å². The van der Waals surface area contributed by atoms with E-state index in [1.165, 1.54) is 12.5 Å². The van der Waals surface area contributed by atoms with E-state index in [0.717, 1.165) is 37.9 Å². The van der Waals surface area contributed by atoms with E-state index in [-0.39, 0.29) is 23.3 Å². The predicted molar refractivity (Wildman–Crippen MR) is 110 cm³/mol. The lowest BCUT2D eigenvalue weighted by Crippen LogP contribution is -2.52. The summed E-state index contributed by atoms with van der Waals surface area (Å²) in [6.07, 6.45) is 4.53. The van der Waals surface area contributed by atoms with Crippen LogP contribution >= 0.6 is 0 Å². The fourth-order valence-corrected chi connectivity index (χ4v) is 5.05. The second kappa shape index (κ2) is 9.32. The van der Waals surface area contributed by atoms with E-state index in [1.807, 2.05) is 0 Å². The number of hydrogen-bond donors (Lipinski definition) is 4. The second-order valence-electron chi connectivity index (χ2n) is 8.78. The Labute approximate surface area is 176 Å². The highest BCUT2D eigenvalue weighted by Gasteiger charge is 2.40. The van der Waals surface area contributed by atoms with Gasteiger partial charge in [0.2, 0.25) is 5.91 Å². The summed E-state index contributed by atoms with van der Waals surface area (Å²) in [5.74, 6) is 0.369. The van der Waals surface area contributed by atoms with Crippen molar-refractivity contribution in [1.29, 1.82) is 0 Å². The van der Waals surface area contributed by atoms with Crippen molar-refractivity contribution in [3.8, 4) is 5.75 Å². The van der Waals surface area contributed by atoms with E-state index in [2.05, 4.69) is 15.5 Å². The molecular formula is C22H31N3O5. The van der Waals surface area contributed by atoms with Crippen molar-refractivity contribution in [1.82, 2.24) is 15.5 Å². The van der Waals surface area contributed by atoms with Gasteiger partial charge in [0.05, 0.1) is 19.8 Å². The third-order valence-electron chi connectivity index (χ3n) is 6.62. The third-order valence-corrected chi connectivity index (χ3v) is 6.62. The van der Waals surface area contributed by atoms with Crippen LogP contribution in [0.4, 0.5) is 0 Å². The molecule has 164 valence electrons. The minimum Gasteiger partial charge on any atom is -0.508 e. The summed E-state index contributed by atoms with van der Waals surface area (Å²) >= 11 is 0. The number of aromatic hydroxyl groups is 1. The van der Waals surface area contributed by atoms with Gasteiger partial charge in [-0.25, -0.2) is 0 Å². The molecule has 3 aliphatic rings. The molecule has 0 radical (unpaired) electrons. The lowest BCUT2D eigenvalue weighted by molar-refractivity contribution is -0.124. The largest absolute Gasteiger partial charge is 0.508 e. The maximum absolute atomic E-state index is 12.7. The minimum absolute atomic E-state index is 0.00195. The number of nitrogens with zero attached hydrogens (tertiary/aromatic N) is 1. The smallest absolute Gasteiger partial charge is 0.252 e. The predicted octanol–water partition coefficient (Wildman–Crippen LogP) is 0.620. The Morgan fingerprint density at radius 3 is 2.63 bits per heavy atom. The zero-order valence-corrected chi connectivity index (χ0v) is 17.2. The van der Waals surface area contributed by atoms with E-state index in [0.29, 0.717) is 31.6 Å². The molecule has 4 rings (SSSR count). The van der Waals surface area contributed by atoms with Crippen LogP contribution in [0.1, 0.15) is 41.6 Å². The molecule has 4 atom stereocenters. The summed E-state index contributed by atoms with van der Waals surface area (Å²) < 4.78 is 5.35. The molecule has 1 aromatic rings. The third kappa shape index (κ3) is 4.94. The molecule has 2 bridgehead atoms. The van der Waals surface area contributed by atoms with Crippen molar-refractivity contribution >= 4 is 11.8 Å². The fourth-order valence-electron chi connectivity index (χ4n) is 5.05. The highest BCUT2D eigenvalue weighted by molar-refractivity contribution is 5.98. The number of phenols is 1. The normalized spacial score (nSPS) is 27.0. The molecule has 2 aliphatic carbocycles. The molecule has 8 heteroatoms. The zero-order valence-electron chi connectivity index (χ0n) is 17.2. The Kier molecular flexibility index (Phi) is 6.55. The van der Waals surface area contributed by atoms with Gasteiger partial charge < -0.3 is 25.6 Å². The van der Waals surface area contributed by atoms with Crippen molar-refractivity contribution in [2.45, 2.75) is 44.3 Å². The molecular weight excluding hydrogens is 386 g/mol. The number of fused-ring (bicyclic) bond motifs is 2. The van der Waals surface area contributed by atoms with Crippen LogP contribution in [0.25, 0.3) is 0 Å². The number of ether oxygens (including phenoxy) is 1. The SMILES string of the molecule is O=C(N[C@@H](CO)C(=O)NC1CC2CCC1C2)c1cc(O)cc(CN2CCOCC2)c1. The Morgan fingerprint density at radius 1 is 1.17 bits per heavy atom. The number of aliphatic hydroxyl groups is 1. The molecule has 1 aliphatic heterocycles. The topological polar surface area (TPSA) is 111 Å². The molecule has 1 saturated heterocycles. The number of hydrogen-bond acceptors (Lipinski definition) is 6. The number of carbonyl (C=O) groups excluding carboxylic acids is 2. The highest BCUT2D eigenvalue weighted by Crippen LogP contribution is 2.44. The number of morpholine rings is 1. The van der Waals surface area contributed by atoms with Gasteiger partial charge in [-0.05, 0) is 54.9 Å². The lowest BCUT2D eigenvalue weighted by atomic mass is 9.95. The Balaban J connectivity index is 1.37. The molecule has 30 heavy (non-hydrogen) atoms. The summed E-state index contributed by atoms with van der Waals surface area (Å²) in [7, 11) is 0. The molecule has 2 saturated carbocycles. The molecule has 0 aromatic heterocycles. The minimum atomic E-state index is -1.01. The molecule has 3 unspecified atom stereocenters. The van der Waals surface area contributed by atoms with Crippen LogP contribution in [-0.4, -0.2) is 71.9 Å². The van der Waals surface area contributed by atoms with Gasteiger partial charge in [0.25, 0.3) is 5.91 Å². The number of phenolic OH excluding ortho intramolecular Hbond substituents is 1. The summed E-state index contributed by atoms with van der Waals surface area (Å²) in [6.45, 7) is 3.06. The average Bonchev–Trinajstić information content (AvgIpc) is 3.35. The number of carbonyl (C=O) groups is 2. The first-order valence-corrected chi connectivity index (χ1v) is 10.9. The quantitative estimate of drug-likeness (QED) is 0.518. The van der Waals surface area contributed by atoms with Gasteiger partial charge in [-0.2, -0.15) is 0 Å². The number of nitrogens with one attached hydrogen (secondary N) is 2. The van der Waals surface area contributed by atoms with E-state index in [9.17, 15) is 19.8 Å². The van der Waals surface area contributed by atoms with Crippen LogP contribution in [0, 0.1) is 11.8 Å². The van der Waals surface area contributed by atoms with Crippen LogP contribution in [0.15, 0.2) is 18.2 Å². The van der Waals surface area contributed by atoms with Crippen molar-refractivity contribution in [3.05, 3.63) is 29.3 Å². The molecule has 8 nitrogen and oxygen atoms in total. The number of rotatable bonds is 7. The van der Waals surface area contributed by atoms with Crippen molar-refractivity contribution in [2.24, 2.45) is 11.8 Å². The van der Waals surface area contributed by atoms with E-state index in [1.54, 1.807) is 12.1 Å². The monoisotopic (exact) mass is 417 g/mol. The molecule has 2 amide bonds. The van der Waals surface area contributed by atoms with Gasteiger partial charge in [-0.1, -0.05) is 6.42 Å². The average molecular weight is 418 g/mol. The van der Waals surface area contributed by atoms with Crippen LogP contribution in [0.3, 0.4) is 0 Å². The lowest BCUT2D eigenvalue weighted by Gasteiger charge is -2.27. The molecule has 1 aromatic carbocycles. The van der Waals surface area contributed by atoms with E-state index in [4.69, 9.17) is 4.74 Å². The first-order chi connectivity index (χ1) is 14.5. The van der Waals surface area contributed by atoms with E-state index < -0.39 is 18.6 Å². The first-order valence-electron chi connectivity index (χ1n) is 10.9. The summed E-state index contributed by atoms with van der Waals surface area (Å²) in [5.41, 5.74) is 1.08. The van der Waals surface area contributed by atoms with Crippen molar-refractivity contribution < 1.29 is 24.5 Å². The van der Waals surface area contributed by atoms with Crippen LogP contribution in [0.2, 0.25) is 0 Å². The summed E-state index contributed by atoms with van der Waals surface area (Å²) in [6, 6.07) is 3.86. The van der Waals surface area contributed by atoms with Gasteiger partial charge in [-0.3, -0.25) is 14.5 Å². The molecule has 0 spiro atoms. The van der Waals surface area contributed by atoms with Gasteiger partial charge in [-0.15, -0.1) is 0 Å². The number of aliphatic hydroxyl groups excluding tert-OH is 1. The van der Waals surface area contributed by atoms with Crippen LogP contribution in [0.5, 0.6) is 5.75 Å². The standard InChI is InChI=1S/C22H31N3O5/c26-13-20(22(29)23-19-10-14-1-2-16(19)7-14)24-21(28)17-8-15(9-18(27)11-17)12-25-3-5-30-6-4-25/h8-9,11,14,16,19-20,26-27H,1-7,10,12-13H2,(H,23,29)(H,24,28)/t14?,16?,19?,20-/m0/s1. The van der Waals surface area contributed by atoms with Gasteiger partial charge in [0.15, 0.2) is 0 Å². The van der Waals surface area contributed by atoms with Crippen LogP contribution < -0.4 is 10.6 Å². The Bertz CT molecular complexity index is 780. The summed E-state index contributed by atoms with van der Waals surface area (Å²) in [4.78, 5) is 27.5. The maximum atomic E-state index is 12.7. The summed E-state index contributed by atoms with van der Waals surface area (Å²) in [5, 5.41) is 25.4. The number of benzene rings is 1. The van der Waals surface area contributed by atoms with Crippen molar-refractivity contribution in [3.63, 3.8) is 0 Å². The second-order valence-corrected chi connectivity index (χ2v) is 8.78. The van der Waals surface area contributed by atoms with E-state index >= 15 is 0 Å². The van der Waals surface area contributed by atoms with Gasteiger partial charge in [0.1, 0.15) is 11.8 Å². The molecule has 3 fully saturated rings. The van der Waals surface area contributed by atoms with Crippen molar-refractivity contribution in [2.75, 3.05) is 32.9 Å². The first kappa shape index (κ1) is 21.1. The highest BCUT2D eigenvalue weighted by atomic mass is 16.5. The fraction of sp³-hybridized carbons (Fsp3) is 0.636. The Morgan fingerprint density at radius 2 is 1.97 bits per heavy atom. The maximum Gasteiger partial charge on any atom is 0.252 e. The van der Waals surface area contributed by atoms with Crippen LogP contribution in [-0.2, 0) is 16.1 Å². The Hall–Kier alpha value is -2.16. The number of amides is 2. The molecule has 4 N–H and O–H groups in total. The molecule has 1 heterocycles. The van der Waals surface area contributed by atoms with Gasteiger partial charge in [0, 0.05) is 31.2 Å². The zero-order chi connectivity index (χ0) is 21.1.